The zero-order valence-electron chi connectivity index (χ0n) is 12.0. The van der Waals surface area contributed by atoms with Gasteiger partial charge in [0.2, 0.25) is 0 Å². The Kier molecular flexibility index (Phi) is 4.15. The molecule has 22 heavy (non-hydrogen) atoms. The Morgan fingerprint density at radius 2 is 2.00 bits per heavy atom. The van der Waals surface area contributed by atoms with Crippen molar-refractivity contribution in [1.82, 2.24) is 9.97 Å². The van der Waals surface area contributed by atoms with Gasteiger partial charge in [0.15, 0.2) is 0 Å². The Balaban J connectivity index is 2.05. The van der Waals surface area contributed by atoms with Crippen molar-refractivity contribution in [3.8, 4) is 0 Å². The summed E-state index contributed by atoms with van der Waals surface area (Å²) < 4.78 is 0.883. The first-order chi connectivity index (χ1) is 10.7. The maximum atomic E-state index is 12.9. The molecule has 2 aromatic heterocycles. The molecular formula is C17H14BrN3O. The molecule has 0 bridgehead atoms. The first-order valence-electron chi connectivity index (χ1n) is 6.98. The molecule has 0 aliphatic carbocycles. The Hall–Kier alpha value is -2.27. The average Bonchev–Trinajstić information content (AvgIpc) is 2.56. The van der Waals surface area contributed by atoms with E-state index in [1.54, 1.807) is 17.3 Å². The second-order valence-electron chi connectivity index (χ2n) is 4.76. The molecule has 1 amide bonds. The Morgan fingerprint density at radius 3 is 2.73 bits per heavy atom. The lowest BCUT2D eigenvalue weighted by Gasteiger charge is -2.20. The number of anilines is 1. The minimum absolute atomic E-state index is 0.0732. The van der Waals surface area contributed by atoms with Crippen LogP contribution < -0.4 is 4.90 Å². The molecule has 0 radical (unpaired) electrons. The van der Waals surface area contributed by atoms with Gasteiger partial charge in [0.05, 0.1) is 5.52 Å². The van der Waals surface area contributed by atoms with Gasteiger partial charge in [-0.05, 0) is 53.2 Å². The summed E-state index contributed by atoms with van der Waals surface area (Å²) in [6, 6.07) is 13.0. The van der Waals surface area contributed by atoms with E-state index in [2.05, 4.69) is 25.9 Å². The van der Waals surface area contributed by atoms with Gasteiger partial charge >= 0.3 is 0 Å². The summed E-state index contributed by atoms with van der Waals surface area (Å²) in [5.74, 6) is 0.563. The zero-order chi connectivity index (χ0) is 15.5. The largest absolute Gasteiger partial charge is 0.293 e. The van der Waals surface area contributed by atoms with Gasteiger partial charge in [-0.1, -0.05) is 12.1 Å². The lowest BCUT2D eigenvalue weighted by molar-refractivity contribution is 0.0989. The average molecular weight is 356 g/mol. The predicted octanol–water partition coefficient (Wildman–Crippen LogP) is 4.06. The normalized spacial score (nSPS) is 10.6. The van der Waals surface area contributed by atoms with E-state index in [1.165, 1.54) is 0 Å². The Labute approximate surface area is 136 Å². The summed E-state index contributed by atoms with van der Waals surface area (Å²) in [7, 11) is 0. The monoisotopic (exact) mass is 355 g/mol. The number of amides is 1. The molecule has 0 aliphatic heterocycles. The van der Waals surface area contributed by atoms with Crippen LogP contribution in [0.5, 0.6) is 0 Å². The molecule has 0 saturated carbocycles. The number of carbonyl (C=O) groups is 1. The Bertz CT molecular complexity index is 812. The first kappa shape index (κ1) is 14.7. The van der Waals surface area contributed by atoms with E-state index in [-0.39, 0.29) is 5.91 Å². The lowest BCUT2D eigenvalue weighted by atomic mass is 10.1. The second kappa shape index (κ2) is 6.23. The smallest absolute Gasteiger partial charge is 0.260 e. The molecule has 0 N–H and O–H groups in total. The summed E-state index contributed by atoms with van der Waals surface area (Å²) in [5, 5.41) is 0.852. The lowest BCUT2D eigenvalue weighted by Crippen LogP contribution is -2.31. The van der Waals surface area contributed by atoms with E-state index in [1.807, 2.05) is 49.4 Å². The number of carbonyl (C=O) groups excluding carboxylic acids is 1. The third-order valence-corrected chi connectivity index (χ3v) is 3.89. The van der Waals surface area contributed by atoms with Crippen molar-refractivity contribution in [2.24, 2.45) is 0 Å². The van der Waals surface area contributed by atoms with Gasteiger partial charge in [-0.25, -0.2) is 4.98 Å². The van der Waals surface area contributed by atoms with Crippen LogP contribution in [-0.4, -0.2) is 22.4 Å². The van der Waals surface area contributed by atoms with Crippen LogP contribution >= 0.6 is 15.9 Å². The number of nitrogens with zero attached hydrogens (tertiary/aromatic N) is 3. The molecule has 0 saturated heterocycles. The van der Waals surface area contributed by atoms with Crippen LogP contribution in [0.3, 0.4) is 0 Å². The van der Waals surface area contributed by atoms with Crippen LogP contribution in [0.4, 0.5) is 5.82 Å². The first-order valence-corrected chi connectivity index (χ1v) is 7.77. The second-order valence-corrected chi connectivity index (χ2v) is 5.68. The van der Waals surface area contributed by atoms with Crippen LogP contribution in [0.2, 0.25) is 0 Å². The highest BCUT2D eigenvalue weighted by atomic mass is 79.9. The van der Waals surface area contributed by atoms with Gasteiger partial charge in [-0.3, -0.25) is 14.7 Å². The molecular weight excluding hydrogens is 342 g/mol. The predicted molar refractivity (Wildman–Crippen MR) is 91.0 cm³/mol. The standard InChI is InChI=1S/C17H14BrN3O/c1-2-21(16-9-8-12(18)11-20-16)17(22)14-5-3-7-15-13(14)6-4-10-19-15/h3-11H,2H2,1H3. The van der Waals surface area contributed by atoms with Gasteiger partial charge in [0, 0.05) is 34.4 Å². The van der Waals surface area contributed by atoms with Crippen molar-refractivity contribution < 1.29 is 4.79 Å². The van der Waals surface area contributed by atoms with E-state index < -0.39 is 0 Å². The number of aromatic nitrogens is 2. The molecule has 3 rings (SSSR count). The zero-order valence-corrected chi connectivity index (χ0v) is 13.6. The molecule has 3 aromatic rings. The minimum Gasteiger partial charge on any atom is -0.293 e. The SMILES string of the molecule is CCN(C(=O)c1cccc2ncccc12)c1ccc(Br)cn1. The molecule has 0 unspecified atom stereocenters. The van der Waals surface area contributed by atoms with Crippen LogP contribution in [-0.2, 0) is 0 Å². The van der Waals surface area contributed by atoms with Crippen molar-refractivity contribution in [2.75, 3.05) is 11.4 Å². The van der Waals surface area contributed by atoms with Crippen molar-refractivity contribution >= 4 is 38.6 Å². The quantitative estimate of drug-likeness (QED) is 0.711. The number of pyridine rings is 2. The topological polar surface area (TPSA) is 46.1 Å². The molecule has 0 atom stereocenters. The van der Waals surface area contributed by atoms with Crippen molar-refractivity contribution in [3.63, 3.8) is 0 Å². The van der Waals surface area contributed by atoms with Crippen LogP contribution in [0.25, 0.3) is 10.9 Å². The van der Waals surface area contributed by atoms with E-state index in [4.69, 9.17) is 0 Å². The summed E-state index contributed by atoms with van der Waals surface area (Å²) in [6.45, 7) is 2.48. The molecule has 0 spiro atoms. The fourth-order valence-corrected chi connectivity index (χ4v) is 2.61. The molecule has 110 valence electrons. The van der Waals surface area contributed by atoms with E-state index in [9.17, 15) is 4.79 Å². The summed E-state index contributed by atoms with van der Waals surface area (Å²) in [6.07, 6.45) is 3.42. The van der Waals surface area contributed by atoms with Crippen LogP contribution in [0.1, 0.15) is 17.3 Å². The summed E-state index contributed by atoms with van der Waals surface area (Å²) >= 11 is 3.36. The number of fused-ring (bicyclic) bond motifs is 1. The minimum atomic E-state index is -0.0732. The Morgan fingerprint density at radius 1 is 1.14 bits per heavy atom. The van der Waals surface area contributed by atoms with E-state index >= 15 is 0 Å². The van der Waals surface area contributed by atoms with Crippen molar-refractivity contribution in [3.05, 3.63) is 64.9 Å². The molecule has 4 nitrogen and oxygen atoms in total. The number of benzene rings is 1. The van der Waals surface area contributed by atoms with Crippen molar-refractivity contribution in [2.45, 2.75) is 6.92 Å². The number of rotatable bonds is 3. The number of hydrogen-bond donors (Lipinski definition) is 0. The third kappa shape index (κ3) is 2.72. The summed E-state index contributed by atoms with van der Waals surface area (Å²) in [4.78, 5) is 23.2. The van der Waals surface area contributed by atoms with Gasteiger partial charge in [-0.2, -0.15) is 0 Å². The maximum absolute atomic E-state index is 12.9. The molecule has 0 fully saturated rings. The fourth-order valence-electron chi connectivity index (χ4n) is 2.37. The highest BCUT2D eigenvalue weighted by Gasteiger charge is 2.19. The van der Waals surface area contributed by atoms with Gasteiger partial charge in [-0.15, -0.1) is 0 Å². The molecule has 1 aromatic carbocycles. The van der Waals surface area contributed by atoms with Crippen molar-refractivity contribution in [1.29, 1.82) is 0 Å². The summed E-state index contributed by atoms with van der Waals surface area (Å²) in [5.41, 5.74) is 1.45. The number of halogens is 1. The van der Waals surface area contributed by atoms with Crippen LogP contribution in [0, 0.1) is 0 Å². The number of hydrogen-bond acceptors (Lipinski definition) is 3. The van der Waals surface area contributed by atoms with E-state index in [0.29, 0.717) is 17.9 Å². The van der Waals surface area contributed by atoms with Crippen LogP contribution in [0.15, 0.2) is 59.3 Å². The molecule has 5 heteroatoms. The van der Waals surface area contributed by atoms with Gasteiger partial charge < -0.3 is 0 Å². The highest BCUT2D eigenvalue weighted by molar-refractivity contribution is 9.10. The fraction of sp³-hybridized carbons (Fsp3) is 0.118. The van der Waals surface area contributed by atoms with Gasteiger partial charge in [0.25, 0.3) is 5.91 Å². The third-order valence-electron chi connectivity index (χ3n) is 3.43. The van der Waals surface area contributed by atoms with Gasteiger partial charge in [0.1, 0.15) is 5.82 Å². The maximum Gasteiger partial charge on any atom is 0.260 e. The van der Waals surface area contributed by atoms with E-state index in [0.717, 1.165) is 15.4 Å². The molecule has 2 heterocycles. The molecule has 0 aliphatic rings. The highest BCUT2D eigenvalue weighted by Crippen LogP contribution is 2.21.